The summed E-state index contributed by atoms with van der Waals surface area (Å²) in [6.07, 6.45) is 4.06. The van der Waals surface area contributed by atoms with Crippen LogP contribution in [0.1, 0.15) is 22.3 Å². The predicted octanol–water partition coefficient (Wildman–Crippen LogP) is 7.03. The highest BCUT2D eigenvalue weighted by atomic mass is 15.3. The van der Waals surface area contributed by atoms with E-state index in [1.54, 1.807) is 0 Å². The molecule has 0 saturated heterocycles. The Morgan fingerprint density at radius 1 is 0.389 bits per heavy atom. The maximum absolute atomic E-state index is 4.66. The molecule has 0 aromatic heterocycles. The van der Waals surface area contributed by atoms with Crippen molar-refractivity contribution >= 4 is 0 Å². The van der Waals surface area contributed by atoms with Crippen molar-refractivity contribution in [1.29, 1.82) is 0 Å². The van der Waals surface area contributed by atoms with E-state index in [1.165, 1.54) is 22.3 Å². The van der Waals surface area contributed by atoms with Crippen molar-refractivity contribution in [3.63, 3.8) is 0 Å². The fraction of sp³-hybridized carbons (Fsp3) is 0.235. The lowest BCUT2D eigenvalue weighted by molar-refractivity contribution is 0.214. The molecule has 0 fully saturated rings. The molecule has 184 valence electrons. The summed E-state index contributed by atoms with van der Waals surface area (Å²) in [6, 6.07) is 43.2. The van der Waals surface area contributed by atoms with E-state index < -0.39 is 0 Å². The Balaban J connectivity index is 1.48. The molecule has 0 spiro atoms. The predicted molar refractivity (Wildman–Crippen MR) is 153 cm³/mol. The van der Waals surface area contributed by atoms with Gasteiger partial charge >= 0.3 is 0 Å². The third-order valence-electron chi connectivity index (χ3n) is 6.78. The van der Waals surface area contributed by atoms with Crippen LogP contribution in [0.25, 0.3) is 0 Å². The van der Waals surface area contributed by atoms with E-state index in [1.807, 2.05) is 0 Å². The number of hydrogen-bond acceptors (Lipinski definition) is 2. The van der Waals surface area contributed by atoms with Gasteiger partial charge in [-0.15, -0.1) is 0 Å². The van der Waals surface area contributed by atoms with Crippen LogP contribution >= 0.6 is 0 Å². The van der Waals surface area contributed by atoms with Crippen LogP contribution in [0.2, 0.25) is 0 Å². The molecule has 4 aromatic carbocycles. The van der Waals surface area contributed by atoms with E-state index in [-0.39, 0.29) is 0 Å². The first kappa shape index (κ1) is 25.3. The van der Waals surface area contributed by atoms with Crippen molar-refractivity contribution in [1.82, 2.24) is 9.80 Å². The zero-order chi connectivity index (χ0) is 24.8. The van der Waals surface area contributed by atoms with Crippen molar-refractivity contribution < 1.29 is 0 Å². The smallest absolute Gasteiger partial charge is 0.0965 e. The molecule has 0 unspecified atom stereocenters. The summed E-state index contributed by atoms with van der Waals surface area (Å²) in [5.41, 5.74) is 5.48. The number of hydrogen-bond donors (Lipinski definition) is 0. The van der Waals surface area contributed by atoms with Crippen LogP contribution < -0.4 is 0 Å². The molecule has 0 aliphatic rings. The van der Waals surface area contributed by atoms with Gasteiger partial charge in [-0.05, 0) is 47.9 Å². The molecule has 0 atom stereocenters. The summed E-state index contributed by atoms with van der Waals surface area (Å²) in [6.45, 7) is 8.50. The van der Waals surface area contributed by atoms with E-state index >= 15 is 0 Å². The number of benzene rings is 4. The minimum Gasteiger partial charge on any atom is -0.358 e. The van der Waals surface area contributed by atoms with Crippen molar-refractivity contribution in [3.8, 4) is 0 Å². The monoisotopic (exact) mass is 474 g/mol. The Bertz CT molecular complexity index is 961. The molecule has 0 amide bonds. The quantitative estimate of drug-likeness (QED) is 0.193. The molecule has 0 N–H and O–H groups in total. The van der Waals surface area contributed by atoms with Crippen molar-refractivity contribution in [2.75, 3.05) is 26.2 Å². The molecule has 2 heteroatoms. The summed E-state index contributed by atoms with van der Waals surface area (Å²) in [7, 11) is 0. The lowest BCUT2D eigenvalue weighted by Crippen LogP contribution is -2.39. The average Bonchev–Trinajstić information content (AvgIpc) is 2.95. The maximum Gasteiger partial charge on any atom is 0.0965 e. The minimum absolute atomic E-state index is 0.961. The molecule has 0 aliphatic heterocycles. The fourth-order valence-corrected chi connectivity index (χ4v) is 4.57. The standard InChI is InChI=1S/C34H38N2/c1-30(35(26-22-31-14-6-2-7-15-31)27-23-32-16-8-3-9-17-32)36(28-24-33-18-10-4-11-19-33)29-25-34-20-12-5-13-21-34/h2-21H,1,22-29H2. The van der Waals surface area contributed by atoms with Crippen LogP contribution in [0.3, 0.4) is 0 Å². The Kier molecular flexibility index (Phi) is 9.81. The molecule has 4 rings (SSSR count). The highest BCUT2D eigenvalue weighted by molar-refractivity contribution is 5.19. The fourth-order valence-electron chi connectivity index (χ4n) is 4.57. The molecule has 0 bridgehead atoms. The van der Waals surface area contributed by atoms with Gasteiger partial charge in [0, 0.05) is 26.2 Å². The van der Waals surface area contributed by atoms with Gasteiger partial charge in [0.15, 0.2) is 0 Å². The second-order valence-electron chi connectivity index (χ2n) is 9.33. The lowest BCUT2D eigenvalue weighted by atomic mass is 10.1. The van der Waals surface area contributed by atoms with Gasteiger partial charge in [-0.25, -0.2) is 0 Å². The molecule has 0 saturated carbocycles. The summed E-state index contributed by atoms with van der Waals surface area (Å²) in [5, 5.41) is 0. The van der Waals surface area contributed by atoms with Gasteiger partial charge in [0.05, 0.1) is 5.82 Å². The number of rotatable bonds is 14. The second kappa shape index (κ2) is 13.9. The molecule has 0 radical (unpaired) electrons. The van der Waals surface area contributed by atoms with Gasteiger partial charge in [-0.3, -0.25) is 0 Å². The van der Waals surface area contributed by atoms with Crippen LogP contribution in [0.4, 0.5) is 0 Å². The van der Waals surface area contributed by atoms with Gasteiger partial charge < -0.3 is 9.80 Å². The van der Waals surface area contributed by atoms with Crippen LogP contribution in [0.15, 0.2) is 134 Å². The van der Waals surface area contributed by atoms with Crippen LogP contribution in [-0.2, 0) is 25.7 Å². The SMILES string of the molecule is C=C(N(CCc1ccccc1)CCc1ccccc1)N(CCc1ccccc1)CCc1ccccc1. The first-order chi connectivity index (χ1) is 17.8. The molecule has 0 aliphatic carbocycles. The Labute approximate surface area is 217 Å². The third-order valence-corrected chi connectivity index (χ3v) is 6.78. The van der Waals surface area contributed by atoms with Gasteiger partial charge in [0.1, 0.15) is 0 Å². The van der Waals surface area contributed by atoms with E-state index in [0.717, 1.165) is 57.7 Å². The first-order valence-electron chi connectivity index (χ1n) is 13.1. The lowest BCUT2D eigenvalue weighted by Gasteiger charge is -2.36. The summed E-state index contributed by atoms with van der Waals surface area (Å²) < 4.78 is 0. The van der Waals surface area contributed by atoms with Gasteiger partial charge in [0.2, 0.25) is 0 Å². The van der Waals surface area contributed by atoms with E-state index in [0.29, 0.717) is 0 Å². The Morgan fingerprint density at radius 2 is 0.611 bits per heavy atom. The normalized spacial score (nSPS) is 10.7. The van der Waals surface area contributed by atoms with Crippen LogP contribution in [0, 0.1) is 0 Å². The summed E-state index contributed by atoms with van der Waals surface area (Å²) in [5.74, 6) is 1.13. The first-order valence-corrected chi connectivity index (χ1v) is 13.1. The van der Waals surface area contributed by atoms with Gasteiger partial charge in [0.25, 0.3) is 0 Å². The average molecular weight is 475 g/mol. The highest BCUT2D eigenvalue weighted by Crippen LogP contribution is 2.16. The zero-order valence-corrected chi connectivity index (χ0v) is 21.3. The van der Waals surface area contributed by atoms with Crippen LogP contribution in [-0.4, -0.2) is 36.0 Å². The maximum atomic E-state index is 4.66. The van der Waals surface area contributed by atoms with E-state index in [2.05, 4.69) is 138 Å². The van der Waals surface area contributed by atoms with Crippen molar-refractivity contribution in [2.45, 2.75) is 25.7 Å². The third kappa shape index (κ3) is 8.16. The topological polar surface area (TPSA) is 6.48 Å². The molecule has 4 aromatic rings. The Hall–Kier alpha value is -3.78. The molecule has 36 heavy (non-hydrogen) atoms. The van der Waals surface area contributed by atoms with Gasteiger partial charge in [-0.1, -0.05) is 128 Å². The highest BCUT2D eigenvalue weighted by Gasteiger charge is 2.16. The minimum atomic E-state index is 0.961. The molecular formula is C34H38N2. The summed E-state index contributed by atoms with van der Waals surface area (Å²) in [4.78, 5) is 4.99. The molecule has 2 nitrogen and oxygen atoms in total. The van der Waals surface area contributed by atoms with Gasteiger partial charge in [-0.2, -0.15) is 0 Å². The molecule has 0 heterocycles. The van der Waals surface area contributed by atoms with Crippen molar-refractivity contribution in [2.24, 2.45) is 0 Å². The van der Waals surface area contributed by atoms with E-state index in [9.17, 15) is 0 Å². The Morgan fingerprint density at radius 3 is 0.833 bits per heavy atom. The van der Waals surface area contributed by atoms with E-state index in [4.69, 9.17) is 0 Å². The largest absolute Gasteiger partial charge is 0.358 e. The zero-order valence-electron chi connectivity index (χ0n) is 21.3. The number of nitrogens with zero attached hydrogens (tertiary/aromatic N) is 2. The summed E-state index contributed by atoms with van der Waals surface area (Å²) >= 11 is 0. The second-order valence-corrected chi connectivity index (χ2v) is 9.33. The van der Waals surface area contributed by atoms with Crippen LogP contribution in [0.5, 0.6) is 0 Å². The van der Waals surface area contributed by atoms with Crippen molar-refractivity contribution in [3.05, 3.63) is 156 Å². The molecular weight excluding hydrogens is 436 g/mol.